The van der Waals surface area contributed by atoms with Crippen LogP contribution in [0.4, 0.5) is 5.82 Å². The molecule has 5 N–H and O–H groups in total. The molecule has 8 aromatic rings. The van der Waals surface area contributed by atoms with Crippen molar-refractivity contribution in [2.75, 3.05) is 24.5 Å². The second-order valence-corrected chi connectivity index (χ2v) is 22.8. The van der Waals surface area contributed by atoms with Crippen molar-refractivity contribution < 1.29 is 70.2 Å². The van der Waals surface area contributed by atoms with Crippen LogP contribution in [0, 0.1) is 28.7 Å². The second-order valence-electron chi connectivity index (χ2n) is 15.5. The number of rotatable bonds is 9. The van der Waals surface area contributed by atoms with Crippen LogP contribution in [-0.2, 0) is 57.1 Å². The van der Waals surface area contributed by atoms with Crippen molar-refractivity contribution in [2.45, 2.75) is 49.9 Å². The Morgan fingerprint density at radius 1 is 0.806 bits per heavy atom. The van der Waals surface area contributed by atoms with Crippen molar-refractivity contribution in [1.82, 2.24) is 35.0 Å². The molecule has 72 heavy (non-hydrogen) atoms. The average Bonchev–Trinajstić information content (AvgIpc) is 3.69. The van der Waals surface area contributed by atoms with E-state index in [-0.39, 0.29) is 76.9 Å². The van der Waals surface area contributed by atoms with Gasteiger partial charge in [-0.3, -0.25) is 28.6 Å². The van der Waals surface area contributed by atoms with Crippen LogP contribution in [0.15, 0.2) is 95.2 Å². The maximum absolute atomic E-state index is 12.9. The molecule has 0 aliphatic rings. The molecule has 0 saturated carbocycles. The first-order valence-corrected chi connectivity index (χ1v) is 27.8. The van der Waals surface area contributed by atoms with Crippen LogP contribution in [0.25, 0.3) is 32.7 Å². The summed E-state index contributed by atoms with van der Waals surface area (Å²) < 4.78 is 68.5. The predicted octanol–water partition coefficient (Wildman–Crippen LogP) is 4.20. The summed E-state index contributed by atoms with van der Waals surface area (Å²) >= 11 is 18.0. The average molecular weight is 1220 g/mol. The fourth-order valence-corrected chi connectivity index (χ4v) is 10.1. The van der Waals surface area contributed by atoms with Gasteiger partial charge in [0, 0.05) is 69.3 Å². The van der Waals surface area contributed by atoms with Gasteiger partial charge in [-0.2, -0.15) is 10.4 Å². The number of nitrogens with one attached hydrogen (secondary N) is 1. The molecule has 0 saturated heterocycles. The van der Waals surface area contributed by atoms with E-state index in [1.54, 1.807) is 43.5 Å². The van der Waals surface area contributed by atoms with Crippen LogP contribution in [0.2, 0.25) is 15.1 Å². The van der Waals surface area contributed by atoms with E-state index in [1.807, 2.05) is 31.2 Å². The maximum atomic E-state index is 12.9. The molecule has 0 aliphatic carbocycles. The van der Waals surface area contributed by atoms with E-state index in [4.69, 9.17) is 59.5 Å². The van der Waals surface area contributed by atoms with Crippen molar-refractivity contribution in [3.05, 3.63) is 149 Å². The van der Waals surface area contributed by atoms with Crippen LogP contribution in [0.1, 0.15) is 49.6 Å². The van der Waals surface area contributed by atoms with Gasteiger partial charge in [-0.15, -0.1) is 0 Å². The van der Waals surface area contributed by atoms with Gasteiger partial charge >= 0.3 is 29.6 Å². The number of hydrogen-bond donors (Lipinski definition) is 4. The Kier molecular flexibility index (Phi) is 21.8. The Hall–Kier alpha value is -4.46. The number of benzene rings is 3. The van der Waals surface area contributed by atoms with Gasteiger partial charge < -0.3 is 25.8 Å². The number of anilines is 1. The minimum Gasteiger partial charge on any atom is -0.773 e. The van der Waals surface area contributed by atoms with Crippen molar-refractivity contribution in [2.24, 2.45) is 0 Å². The SMILES string of the molecule is CS(=O)(=O)c1cc(CO)cc2cc(Cl)cnc12.CS(=O)[O-].Cc1cc(N)nc(C)c1CNC(=O)c1cn(Cc2cc(S(C)(=O)=O)c3ncc(Cl)cc3c2)nc1C#N.OCc1cc(I)c2ncc(Cl)cc2c1.[Na+]. The van der Waals surface area contributed by atoms with E-state index in [9.17, 15) is 26.9 Å². The van der Waals surface area contributed by atoms with Crippen molar-refractivity contribution in [3.8, 4) is 6.07 Å². The molecule has 3 aromatic carbocycles. The summed E-state index contributed by atoms with van der Waals surface area (Å²) in [4.78, 5) is 29.7. The molecule has 18 nitrogen and oxygen atoms in total. The predicted molar refractivity (Wildman–Crippen MR) is 281 cm³/mol. The summed E-state index contributed by atoms with van der Waals surface area (Å²) in [6.07, 6.45) is 9.17. The first-order valence-electron chi connectivity index (χ1n) is 20.3. The molecule has 1 unspecified atom stereocenters. The van der Waals surface area contributed by atoms with Gasteiger partial charge in [0.25, 0.3) is 5.91 Å². The molecule has 1 atom stereocenters. The minimum atomic E-state index is -3.59. The van der Waals surface area contributed by atoms with Gasteiger partial charge in [-0.05, 0) is 131 Å². The number of sulfone groups is 2. The van der Waals surface area contributed by atoms with Crippen molar-refractivity contribution >= 4 is 133 Å². The van der Waals surface area contributed by atoms with Gasteiger partial charge in [0.15, 0.2) is 25.4 Å². The second kappa shape index (κ2) is 26.2. The first-order chi connectivity index (χ1) is 33.3. The van der Waals surface area contributed by atoms with Crippen LogP contribution >= 0.6 is 57.4 Å². The number of fused-ring (bicyclic) bond motifs is 3. The van der Waals surface area contributed by atoms with Gasteiger partial charge in [0.05, 0.1) is 66.7 Å². The quantitative estimate of drug-likeness (QED) is 0.0894. The number of aliphatic hydroxyl groups is 2. The number of aliphatic hydroxyl groups excluding tert-OH is 2. The number of aryl methyl sites for hydroxylation is 2. The largest absolute Gasteiger partial charge is 1.00 e. The molecule has 5 aromatic heterocycles. The topological polar surface area (TPSA) is 297 Å². The third kappa shape index (κ3) is 16.3. The summed E-state index contributed by atoms with van der Waals surface area (Å²) in [5.41, 5.74) is 11.8. The van der Waals surface area contributed by atoms with E-state index in [2.05, 4.69) is 52.9 Å². The van der Waals surface area contributed by atoms with Crippen LogP contribution in [0.5, 0.6) is 0 Å². The molecule has 1 amide bonds. The Morgan fingerprint density at radius 3 is 1.71 bits per heavy atom. The summed E-state index contributed by atoms with van der Waals surface area (Å²) in [5, 5.41) is 38.2. The molecular formula is C46H42Cl3IN9NaO9S3. The number of nitrogen functional groups attached to an aromatic ring is 1. The van der Waals surface area contributed by atoms with Gasteiger partial charge in [0.2, 0.25) is 0 Å². The Morgan fingerprint density at radius 2 is 1.25 bits per heavy atom. The third-order valence-electron chi connectivity index (χ3n) is 9.93. The molecule has 0 aliphatic heterocycles. The molecule has 5 heterocycles. The number of aromatic nitrogens is 6. The van der Waals surface area contributed by atoms with Crippen molar-refractivity contribution in [1.29, 1.82) is 5.26 Å². The van der Waals surface area contributed by atoms with Crippen LogP contribution in [0.3, 0.4) is 0 Å². The number of nitriles is 1. The zero-order chi connectivity index (χ0) is 52.5. The summed E-state index contributed by atoms with van der Waals surface area (Å²) in [6.45, 7) is 3.81. The number of amides is 1. The van der Waals surface area contributed by atoms with E-state index < -0.39 is 36.7 Å². The number of halogens is 4. The summed E-state index contributed by atoms with van der Waals surface area (Å²) in [6, 6.07) is 18.9. The molecule has 0 fully saturated rings. The van der Waals surface area contributed by atoms with Gasteiger partial charge in [-0.1, -0.05) is 45.9 Å². The van der Waals surface area contributed by atoms with Gasteiger partial charge in [-0.25, -0.2) is 21.8 Å². The molecular weight excluding hydrogens is 1180 g/mol. The molecule has 8 rings (SSSR count). The fourth-order valence-electron chi connectivity index (χ4n) is 6.93. The Balaban J connectivity index is 0.000000257. The normalized spacial score (nSPS) is 11.5. The van der Waals surface area contributed by atoms with Crippen molar-refractivity contribution in [3.63, 3.8) is 0 Å². The number of pyridine rings is 4. The zero-order valence-electron chi connectivity index (χ0n) is 39.1. The molecule has 0 bridgehead atoms. The van der Waals surface area contributed by atoms with E-state index in [1.165, 1.54) is 35.4 Å². The maximum Gasteiger partial charge on any atom is 1.00 e. The van der Waals surface area contributed by atoms with E-state index >= 15 is 0 Å². The number of carbonyl (C=O) groups is 1. The Bertz CT molecular complexity index is 3620. The number of nitrogens with zero attached hydrogens (tertiary/aromatic N) is 7. The summed E-state index contributed by atoms with van der Waals surface area (Å²) in [5.74, 6) is -0.0707. The number of nitrogens with two attached hydrogens (primary N) is 1. The smallest absolute Gasteiger partial charge is 0.773 e. The van der Waals surface area contributed by atoms with Crippen LogP contribution in [-0.4, -0.2) is 90.2 Å². The molecule has 26 heteroatoms. The molecule has 0 spiro atoms. The molecule has 372 valence electrons. The zero-order valence-corrected chi connectivity index (χ0v) is 48.0. The minimum absolute atomic E-state index is 0. The number of hydrogen-bond acceptors (Lipinski definition) is 16. The standard InChI is InChI=1S/C24H22ClN7O3S.C11H10ClNO3S.C10H7ClINO.CH4O2S.Na/c1-13-4-22(27)30-14(2)18(13)10-29-24(33)19-12-32(31-20(19)8-26)11-15-5-16-7-17(25)9-28-23(16)21(6-15)36(3,34)35;1-17(15,16)10-3-7(6-14)2-8-4-9(12)5-13-11(8)10;11-8-3-7-1-6(5-14)2-9(12)10(7)13-4-8;1-4(2)3;/h4-7,9,12H,10-11H2,1-3H3,(H2,27,30)(H,29,33);2-5,14H,6H2,1H3;1-4,14H,5H2;1H3,(H,2,3);/q;;;;+1/p-1. The van der Waals surface area contributed by atoms with Crippen LogP contribution < -0.4 is 40.6 Å². The third-order valence-corrected chi connectivity index (χ3v) is 13.6. The number of carbonyl (C=O) groups excluding carboxylic acids is 1. The van der Waals surface area contributed by atoms with E-state index in [0.29, 0.717) is 59.5 Å². The van der Waals surface area contributed by atoms with Gasteiger partial charge in [0.1, 0.15) is 11.9 Å². The summed E-state index contributed by atoms with van der Waals surface area (Å²) in [7, 11) is -6.98. The first kappa shape index (κ1) is 60.1. The monoisotopic (exact) mass is 1220 g/mol. The Labute approximate surface area is 467 Å². The van der Waals surface area contributed by atoms with E-state index in [0.717, 1.165) is 49.9 Å². The molecule has 0 radical (unpaired) electrons. The fraction of sp³-hybridized carbons (Fsp3) is 0.196.